The molecule has 2 nitrogen and oxygen atoms in total. The predicted molar refractivity (Wildman–Crippen MR) is 54.7 cm³/mol. The molecule has 86 valence electrons. The van der Waals surface area contributed by atoms with Crippen molar-refractivity contribution in [2.75, 3.05) is 0 Å². The van der Waals surface area contributed by atoms with Gasteiger partial charge in [0.25, 0.3) is 0 Å². The molecule has 0 spiro atoms. The summed E-state index contributed by atoms with van der Waals surface area (Å²) in [6.45, 7) is 0. The fourth-order valence-electron chi connectivity index (χ4n) is 1.10. The Morgan fingerprint density at radius 1 is 1.38 bits per heavy atom. The second kappa shape index (κ2) is 4.57. The van der Waals surface area contributed by atoms with Crippen molar-refractivity contribution in [2.45, 2.75) is 6.18 Å². The van der Waals surface area contributed by atoms with Crippen molar-refractivity contribution in [3.8, 4) is 0 Å². The van der Waals surface area contributed by atoms with Crippen LogP contribution in [-0.2, 0) is 11.0 Å². The molecule has 0 bridgehead atoms. The van der Waals surface area contributed by atoms with E-state index in [1.165, 1.54) is 0 Å². The van der Waals surface area contributed by atoms with E-state index in [1.807, 2.05) is 0 Å². The summed E-state index contributed by atoms with van der Waals surface area (Å²) in [5.74, 6) is -0.826. The zero-order valence-electron chi connectivity index (χ0n) is 7.88. The highest BCUT2D eigenvalue weighted by Gasteiger charge is 2.32. The van der Waals surface area contributed by atoms with E-state index < -0.39 is 17.6 Å². The fourth-order valence-corrected chi connectivity index (χ4v) is 1.28. The number of hydrogen-bond donors (Lipinski definition) is 1. The number of hydrogen-bond acceptors (Lipinski definition) is 1. The lowest BCUT2D eigenvalue weighted by molar-refractivity contribution is -0.137. The molecule has 0 aliphatic carbocycles. The third-order valence-corrected chi connectivity index (χ3v) is 1.98. The number of benzene rings is 1. The monoisotopic (exact) mass is 249 g/mol. The minimum atomic E-state index is -4.50. The van der Waals surface area contributed by atoms with Crippen molar-refractivity contribution in [3.05, 3.63) is 40.4 Å². The molecule has 0 heterocycles. The Labute approximate surface area is 94.5 Å². The Bertz CT molecular complexity index is 440. The lowest BCUT2D eigenvalue weighted by Crippen LogP contribution is -2.08. The van der Waals surface area contributed by atoms with Gasteiger partial charge in [-0.15, -0.1) is 0 Å². The molecule has 0 unspecified atom stereocenters. The summed E-state index contributed by atoms with van der Waals surface area (Å²) in [6.07, 6.45) is -2.67. The van der Waals surface area contributed by atoms with Crippen LogP contribution in [-0.4, -0.2) is 5.91 Å². The van der Waals surface area contributed by atoms with Crippen LogP contribution in [0.5, 0.6) is 0 Å². The number of carbonyl (C=O) groups is 1. The molecule has 2 N–H and O–H groups in total. The SMILES string of the molecule is NC(=O)/C=C\c1cc(Cl)ccc1C(F)(F)F. The van der Waals surface area contributed by atoms with E-state index in [0.29, 0.717) is 0 Å². The summed E-state index contributed by atoms with van der Waals surface area (Å²) in [5.41, 5.74) is 3.74. The number of primary amides is 1. The Morgan fingerprint density at radius 3 is 2.50 bits per heavy atom. The molecule has 1 aromatic carbocycles. The van der Waals surface area contributed by atoms with E-state index in [4.69, 9.17) is 17.3 Å². The topological polar surface area (TPSA) is 43.1 Å². The zero-order valence-corrected chi connectivity index (χ0v) is 8.64. The van der Waals surface area contributed by atoms with Crippen molar-refractivity contribution >= 4 is 23.6 Å². The molecule has 1 rings (SSSR count). The van der Waals surface area contributed by atoms with Crippen LogP contribution in [0, 0.1) is 0 Å². The normalized spacial score (nSPS) is 12.0. The van der Waals surface area contributed by atoms with Gasteiger partial charge in [-0.25, -0.2) is 0 Å². The maximum absolute atomic E-state index is 12.5. The molecule has 6 heteroatoms. The van der Waals surface area contributed by atoms with Gasteiger partial charge in [-0.2, -0.15) is 13.2 Å². The second-order valence-corrected chi connectivity index (χ2v) is 3.40. The van der Waals surface area contributed by atoms with Crippen molar-refractivity contribution < 1.29 is 18.0 Å². The maximum Gasteiger partial charge on any atom is 0.416 e. The van der Waals surface area contributed by atoms with E-state index in [9.17, 15) is 18.0 Å². The smallest absolute Gasteiger partial charge is 0.366 e. The Balaban J connectivity index is 3.24. The molecule has 0 radical (unpaired) electrons. The largest absolute Gasteiger partial charge is 0.416 e. The van der Waals surface area contributed by atoms with Gasteiger partial charge in [0.15, 0.2) is 0 Å². The van der Waals surface area contributed by atoms with Gasteiger partial charge in [0.2, 0.25) is 5.91 Å². The minimum absolute atomic E-state index is 0.150. The van der Waals surface area contributed by atoms with Crippen molar-refractivity contribution in [1.29, 1.82) is 0 Å². The van der Waals surface area contributed by atoms with Crippen LogP contribution in [0.4, 0.5) is 13.2 Å². The van der Waals surface area contributed by atoms with Gasteiger partial charge < -0.3 is 5.73 Å². The van der Waals surface area contributed by atoms with Gasteiger partial charge in [0, 0.05) is 11.1 Å². The summed E-state index contributed by atoms with van der Waals surface area (Å²) in [5, 5.41) is 0.150. The molecule has 1 amide bonds. The minimum Gasteiger partial charge on any atom is -0.366 e. The van der Waals surface area contributed by atoms with Crippen LogP contribution in [0.25, 0.3) is 6.08 Å². The van der Waals surface area contributed by atoms with Gasteiger partial charge in [-0.1, -0.05) is 11.6 Å². The van der Waals surface area contributed by atoms with E-state index in [2.05, 4.69) is 0 Å². The Morgan fingerprint density at radius 2 is 2.00 bits per heavy atom. The standard InChI is InChI=1S/C10H7ClF3NO/c11-7-2-3-8(10(12,13)14)6(5-7)1-4-9(15)16/h1-5H,(H2,15,16)/b4-1-. The summed E-state index contributed by atoms with van der Waals surface area (Å²) in [6, 6.07) is 3.10. The molecular weight excluding hydrogens is 243 g/mol. The van der Waals surface area contributed by atoms with Crippen molar-refractivity contribution in [2.24, 2.45) is 5.73 Å². The molecular formula is C10H7ClF3NO. The van der Waals surface area contributed by atoms with Gasteiger partial charge in [0.05, 0.1) is 5.56 Å². The average molecular weight is 250 g/mol. The number of nitrogens with two attached hydrogens (primary N) is 1. The maximum atomic E-state index is 12.5. The van der Waals surface area contributed by atoms with Crippen molar-refractivity contribution in [1.82, 2.24) is 0 Å². The molecule has 0 atom stereocenters. The number of carbonyl (C=O) groups excluding carboxylic acids is 1. The highest BCUT2D eigenvalue weighted by atomic mass is 35.5. The highest BCUT2D eigenvalue weighted by molar-refractivity contribution is 6.30. The first kappa shape index (κ1) is 12.6. The van der Waals surface area contributed by atoms with Crippen molar-refractivity contribution in [3.63, 3.8) is 0 Å². The number of alkyl halides is 3. The second-order valence-electron chi connectivity index (χ2n) is 2.97. The van der Waals surface area contributed by atoms with Gasteiger partial charge >= 0.3 is 6.18 Å². The van der Waals surface area contributed by atoms with Gasteiger partial charge in [-0.05, 0) is 29.8 Å². The third kappa shape index (κ3) is 3.27. The molecule has 0 saturated carbocycles. The molecule has 0 aliphatic heterocycles. The lowest BCUT2D eigenvalue weighted by Gasteiger charge is -2.10. The van der Waals surface area contributed by atoms with E-state index >= 15 is 0 Å². The number of rotatable bonds is 2. The first-order valence-electron chi connectivity index (χ1n) is 4.15. The highest BCUT2D eigenvalue weighted by Crippen LogP contribution is 2.33. The Kier molecular flexibility index (Phi) is 3.59. The fraction of sp³-hybridized carbons (Fsp3) is 0.100. The quantitative estimate of drug-likeness (QED) is 0.805. The van der Waals surface area contributed by atoms with E-state index in [-0.39, 0.29) is 10.6 Å². The van der Waals surface area contributed by atoms with Crippen LogP contribution in [0.1, 0.15) is 11.1 Å². The summed E-state index contributed by atoms with van der Waals surface area (Å²) in [4.78, 5) is 10.4. The first-order valence-corrected chi connectivity index (χ1v) is 4.53. The molecule has 0 fully saturated rings. The molecule has 0 aromatic heterocycles. The average Bonchev–Trinajstić information content (AvgIpc) is 2.12. The first-order chi connectivity index (χ1) is 7.30. The summed E-state index contributed by atoms with van der Waals surface area (Å²) >= 11 is 5.56. The number of amides is 1. The van der Waals surface area contributed by atoms with Crippen LogP contribution >= 0.6 is 11.6 Å². The predicted octanol–water partition coefficient (Wildman–Crippen LogP) is 2.86. The number of halogens is 4. The van der Waals surface area contributed by atoms with Gasteiger partial charge in [0.1, 0.15) is 0 Å². The van der Waals surface area contributed by atoms with Crippen LogP contribution < -0.4 is 5.73 Å². The zero-order chi connectivity index (χ0) is 12.3. The van der Waals surface area contributed by atoms with Crippen LogP contribution in [0.15, 0.2) is 24.3 Å². The summed E-state index contributed by atoms with van der Waals surface area (Å²) < 4.78 is 37.5. The third-order valence-electron chi connectivity index (χ3n) is 1.75. The molecule has 16 heavy (non-hydrogen) atoms. The summed E-state index contributed by atoms with van der Waals surface area (Å²) in [7, 11) is 0. The van der Waals surface area contributed by atoms with Gasteiger partial charge in [-0.3, -0.25) is 4.79 Å². The van der Waals surface area contributed by atoms with E-state index in [1.54, 1.807) is 0 Å². The van der Waals surface area contributed by atoms with Crippen LogP contribution in [0.3, 0.4) is 0 Å². The van der Waals surface area contributed by atoms with Crippen LogP contribution in [0.2, 0.25) is 5.02 Å². The Hall–Kier alpha value is -1.49. The van der Waals surface area contributed by atoms with E-state index in [0.717, 1.165) is 30.4 Å². The molecule has 0 aliphatic rings. The molecule has 0 saturated heterocycles. The molecule has 1 aromatic rings. The lowest BCUT2D eigenvalue weighted by atomic mass is 10.1.